The van der Waals surface area contributed by atoms with Gasteiger partial charge in [0.1, 0.15) is 11.3 Å². The Morgan fingerprint density at radius 3 is 2.88 bits per heavy atom. The van der Waals surface area contributed by atoms with E-state index in [9.17, 15) is 9.59 Å². The van der Waals surface area contributed by atoms with Crippen LogP contribution in [0.15, 0.2) is 46.9 Å². The molecule has 5 nitrogen and oxygen atoms in total. The van der Waals surface area contributed by atoms with Crippen LogP contribution < -0.4 is 4.74 Å². The van der Waals surface area contributed by atoms with E-state index in [4.69, 9.17) is 25.5 Å². The highest BCUT2D eigenvalue weighted by atomic mass is 35.5. The third-order valence-electron chi connectivity index (χ3n) is 4.03. The molecule has 2 aromatic carbocycles. The van der Waals surface area contributed by atoms with Crippen molar-refractivity contribution < 1.29 is 23.5 Å². The smallest absolute Gasteiger partial charge is 0.374 e. The third kappa shape index (κ3) is 3.10. The van der Waals surface area contributed by atoms with E-state index in [1.807, 2.05) is 0 Å². The van der Waals surface area contributed by atoms with Gasteiger partial charge in [-0.25, -0.2) is 4.79 Å². The minimum atomic E-state index is -0.690. The van der Waals surface area contributed by atoms with Crippen LogP contribution in [0.4, 0.5) is 0 Å². The van der Waals surface area contributed by atoms with Gasteiger partial charge in [0, 0.05) is 22.4 Å². The zero-order valence-corrected chi connectivity index (χ0v) is 13.8. The first-order chi connectivity index (χ1) is 12.1. The van der Waals surface area contributed by atoms with E-state index in [0.717, 1.165) is 17.7 Å². The van der Waals surface area contributed by atoms with Crippen LogP contribution in [0.5, 0.6) is 5.75 Å². The molecule has 0 amide bonds. The fourth-order valence-corrected chi connectivity index (χ4v) is 2.94. The van der Waals surface area contributed by atoms with Crippen molar-refractivity contribution in [2.45, 2.75) is 6.42 Å². The number of furan rings is 1. The van der Waals surface area contributed by atoms with Gasteiger partial charge < -0.3 is 13.9 Å². The second-order valence-corrected chi connectivity index (χ2v) is 6.15. The van der Waals surface area contributed by atoms with E-state index < -0.39 is 5.97 Å². The fourth-order valence-electron chi connectivity index (χ4n) is 2.76. The molecule has 0 aliphatic carbocycles. The van der Waals surface area contributed by atoms with Crippen molar-refractivity contribution in [1.82, 2.24) is 0 Å². The summed E-state index contributed by atoms with van der Waals surface area (Å²) in [6, 6.07) is 11.8. The Morgan fingerprint density at radius 1 is 1.12 bits per heavy atom. The average molecular weight is 357 g/mol. The molecule has 0 N–H and O–H groups in total. The Kier molecular flexibility index (Phi) is 3.93. The molecule has 1 aliphatic heterocycles. The Bertz CT molecular complexity index is 989. The normalized spacial score (nSPS) is 12.7. The van der Waals surface area contributed by atoms with Gasteiger partial charge in [0.15, 0.2) is 12.4 Å². The van der Waals surface area contributed by atoms with Gasteiger partial charge in [0.05, 0.1) is 6.61 Å². The largest absolute Gasteiger partial charge is 0.493 e. The first-order valence-corrected chi connectivity index (χ1v) is 8.13. The number of carbonyl (C=O) groups excluding carboxylic acids is 2. The maximum absolute atomic E-state index is 12.2. The van der Waals surface area contributed by atoms with Crippen molar-refractivity contribution in [3.8, 4) is 5.75 Å². The highest BCUT2D eigenvalue weighted by Crippen LogP contribution is 2.26. The van der Waals surface area contributed by atoms with Gasteiger partial charge in [0.25, 0.3) is 0 Å². The number of fused-ring (bicyclic) bond motifs is 2. The van der Waals surface area contributed by atoms with Gasteiger partial charge >= 0.3 is 5.97 Å². The van der Waals surface area contributed by atoms with Crippen molar-refractivity contribution >= 4 is 34.3 Å². The maximum Gasteiger partial charge on any atom is 0.374 e. The van der Waals surface area contributed by atoms with Crippen molar-refractivity contribution in [3.63, 3.8) is 0 Å². The molecule has 25 heavy (non-hydrogen) atoms. The molecule has 126 valence electrons. The van der Waals surface area contributed by atoms with Gasteiger partial charge in [0.2, 0.25) is 5.76 Å². The number of hydrogen-bond acceptors (Lipinski definition) is 5. The van der Waals surface area contributed by atoms with E-state index in [0.29, 0.717) is 28.2 Å². The van der Waals surface area contributed by atoms with Crippen LogP contribution in [0.2, 0.25) is 5.02 Å². The van der Waals surface area contributed by atoms with Crippen LogP contribution in [0.1, 0.15) is 26.5 Å². The molecule has 0 saturated carbocycles. The van der Waals surface area contributed by atoms with Crippen LogP contribution in [-0.4, -0.2) is 25.0 Å². The SMILES string of the molecule is O=C(COC(=O)c1cc2cc(Cl)ccc2o1)c1ccc2c(c1)CCO2. The summed E-state index contributed by atoms with van der Waals surface area (Å²) in [5.74, 6) is -0.130. The molecule has 0 saturated heterocycles. The lowest BCUT2D eigenvalue weighted by Gasteiger charge is -2.04. The number of benzene rings is 2. The molecule has 6 heteroatoms. The van der Waals surface area contributed by atoms with Crippen molar-refractivity contribution in [3.05, 3.63) is 64.4 Å². The molecule has 0 spiro atoms. The summed E-state index contributed by atoms with van der Waals surface area (Å²) in [4.78, 5) is 24.3. The highest BCUT2D eigenvalue weighted by molar-refractivity contribution is 6.31. The van der Waals surface area contributed by atoms with E-state index >= 15 is 0 Å². The van der Waals surface area contributed by atoms with Gasteiger partial charge in [-0.1, -0.05) is 11.6 Å². The Hall–Kier alpha value is -2.79. The maximum atomic E-state index is 12.2. The predicted octanol–water partition coefficient (Wildman–Crippen LogP) is 4.06. The molecular weight excluding hydrogens is 344 g/mol. The molecular formula is C19H13ClO5. The summed E-state index contributed by atoms with van der Waals surface area (Å²) < 4.78 is 15.9. The minimum Gasteiger partial charge on any atom is -0.493 e. The summed E-state index contributed by atoms with van der Waals surface area (Å²) in [6.07, 6.45) is 0.776. The van der Waals surface area contributed by atoms with Crippen LogP contribution in [0, 0.1) is 0 Å². The average Bonchev–Trinajstić information content (AvgIpc) is 3.24. The topological polar surface area (TPSA) is 65.7 Å². The number of halogens is 1. The lowest BCUT2D eigenvalue weighted by Crippen LogP contribution is -2.14. The molecule has 3 aromatic rings. The molecule has 0 fully saturated rings. The zero-order valence-electron chi connectivity index (χ0n) is 13.1. The second-order valence-electron chi connectivity index (χ2n) is 5.71. The molecule has 0 atom stereocenters. The highest BCUT2D eigenvalue weighted by Gasteiger charge is 2.18. The lowest BCUT2D eigenvalue weighted by molar-refractivity contribution is 0.0446. The lowest BCUT2D eigenvalue weighted by atomic mass is 10.1. The number of esters is 1. The molecule has 1 aromatic heterocycles. The molecule has 4 rings (SSSR count). The van der Waals surface area contributed by atoms with E-state index in [1.165, 1.54) is 0 Å². The van der Waals surface area contributed by atoms with Gasteiger partial charge in [-0.3, -0.25) is 4.79 Å². The number of hydrogen-bond donors (Lipinski definition) is 0. The number of ether oxygens (including phenoxy) is 2. The van der Waals surface area contributed by atoms with E-state index in [1.54, 1.807) is 42.5 Å². The number of rotatable bonds is 4. The summed E-state index contributed by atoms with van der Waals surface area (Å²) in [7, 11) is 0. The van der Waals surface area contributed by atoms with Gasteiger partial charge in [-0.2, -0.15) is 0 Å². The van der Waals surface area contributed by atoms with Crippen molar-refractivity contribution in [2.75, 3.05) is 13.2 Å². The molecule has 0 radical (unpaired) electrons. The number of carbonyl (C=O) groups is 2. The van der Waals surface area contributed by atoms with Crippen molar-refractivity contribution in [1.29, 1.82) is 0 Å². The summed E-state index contributed by atoms with van der Waals surface area (Å²) in [6.45, 7) is 0.272. The quantitative estimate of drug-likeness (QED) is 0.521. The Labute approximate surface area is 148 Å². The van der Waals surface area contributed by atoms with Crippen LogP contribution in [0.3, 0.4) is 0 Å². The molecule has 1 aliphatic rings. The summed E-state index contributed by atoms with van der Waals surface area (Å²) in [5, 5.41) is 1.24. The van der Waals surface area contributed by atoms with E-state index in [2.05, 4.69) is 0 Å². The van der Waals surface area contributed by atoms with Gasteiger partial charge in [-0.05, 0) is 48.0 Å². The second kappa shape index (κ2) is 6.26. The van der Waals surface area contributed by atoms with Crippen molar-refractivity contribution in [2.24, 2.45) is 0 Å². The number of Topliss-reactive ketones (excluding diaryl/α,β-unsaturated/α-hetero) is 1. The fraction of sp³-hybridized carbons (Fsp3) is 0.158. The monoisotopic (exact) mass is 356 g/mol. The number of ketones is 1. The first-order valence-electron chi connectivity index (χ1n) is 7.75. The van der Waals surface area contributed by atoms with Crippen LogP contribution >= 0.6 is 11.6 Å². The Balaban J connectivity index is 1.44. The molecule has 2 heterocycles. The van der Waals surface area contributed by atoms with Crippen LogP contribution in [0.25, 0.3) is 11.0 Å². The predicted molar refractivity (Wildman–Crippen MR) is 91.5 cm³/mol. The molecule has 0 unspecified atom stereocenters. The third-order valence-corrected chi connectivity index (χ3v) is 4.26. The van der Waals surface area contributed by atoms with E-state index in [-0.39, 0.29) is 18.2 Å². The van der Waals surface area contributed by atoms with Crippen LogP contribution in [-0.2, 0) is 11.2 Å². The standard InChI is InChI=1S/C19H13ClO5/c20-14-2-4-17-13(8-14)9-18(25-17)19(22)24-10-15(21)11-1-3-16-12(7-11)5-6-23-16/h1-4,7-9H,5-6,10H2. The Morgan fingerprint density at radius 2 is 2.00 bits per heavy atom. The summed E-state index contributed by atoms with van der Waals surface area (Å²) in [5.41, 5.74) is 2.01. The molecule has 0 bridgehead atoms. The zero-order chi connectivity index (χ0) is 17.4. The summed E-state index contributed by atoms with van der Waals surface area (Å²) >= 11 is 5.91. The minimum absolute atomic E-state index is 0.0346. The van der Waals surface area contributed by atoms with Gasteiger partial charge in [-0.15, -0.1) is 0 Å². The first kappa shape index (κ1) is 15.7.